The Hall–Kier alpha value is -1.58. The molecular formula is C16H21NO3. The lowest BCUT2D eigenvalue weighted by molar-refractivity contribution is -0.139. The molecule has 1 amide bonds. The van der Waals surface area contributed by atoms with Crippen molar-refractivity contribution in [3.63, 3.8) is 0 Å². The Bertz CT molecular complexity index is 546. The number of carbonyl (C=O) groups excluding carboxylic acids is 2. The molecule has 1 aromatic rings. The normalized spacial score (nSPS) is 34.5. The van der Waals surface area contributed by atoms with Crippen LogP contribution in [0.2, 0.25) is 0 Å². The van der Waals surface area contributed by atoms with Crippen molar-refractivity contribution in [2.45, 2.75) is 40.2 Å². The average Bonchev–Trinajstić information content (AvgIpc) is 3.01. The highest BCUT2D eigenvalue weighted by Crippen LogP contribution is 2.65. The van der Waals surface area contributed by atoms with Gasteiger partial charge in [-0.05, 0) is 36.3 Å². The van der Waals surface area contributed by atoms with Gasteiger partial charge in [-0.3, -0.25) is 9.59 Å². The van der Waals surface area contributed by atoms with Gasteiger partial charge in [-0.2, -0.15) is 0 Å². The fourth-order valence-electron chi connectivity index (χ4n) is 4.09. The molecule has 20 heavy (non-hydrogen) atoms. The van der Waals surface area contributed by atoms with E-state index in [0.29, 0.717) is 12.3 Å². The van der Waals surface area contributed by atoms with Crippen molar-refractivity contribution in [2.75, 3.05) is 0 Å². The quantitative estimate of drug-likeness (QED) is 0.862. The largest absolute Gasteiger partial charge is 0.467 e. The van der Waals surface area contributed by atoms with Crippen molar-refractivity contribution < 1.29 is 14.0 Å². The van der Waals surface area contributed by atoms with Gasteiger partial charge in [0.15, 0.2) is 5.78 Å². The number of amides is 1. The van der Waals surface area contributed by atoms with E-state index < -0.39 is 5.92 Å². The van der Waals surface area contributed by atoms with Gasteiger partial charge in [0.2, 0.25) is 5.91 Å². The van der Waals surface area contributed by atoms with Crippen molar-refractivity contribution in [1.82, 2.24) is 5.32 Å². The minimum absolute atomic E-state index is 0.0865. The van der Waals surface area contributed by atoms with Gasteiger partial charge >= 0.3 is 0 Å². The predicted octanol–water partition coefficient (Wildman–Crippen LogP) is 2.54. The van der Waals surface area contributed by atoms with Crippen molar-refractivity contribution in [2.24, 2.45) is 22.7 Å². The molecule has 1 heterocycles. The Morgan fingerprint density at radius 3 is 2.75 bits per heavy atom. The van der Waals surface area contributed by atoms with Crippen molar-refractivity contribution in [3.8, 4) is 0 Å². The number of furan rings is 1. The van der Waals surface area contributed by atoms with Crippen LogP contribution in [0, 0.1) is 22.7 Å². The van der Waals surface area contributed by atoms with E-state index in [1.165, 1.54) is 0 Å². The van der Waals surface area contributed by atoms with Crippen molar-refractivity contribution >= 4 is 11.7 Å². The first-order valence-corrected chi connectivity index (χ1v) is 7.22. The highest BCUT2D eigenvalue weighted by molar-refractivity contribution is 6.07. The van der Waals surface area contributed by atoms with Gasteiger partial charge in [0.05, 0.1) is 12.8 Å². The topological polar surface area (TPSA) is 59.3 Å². The second kappa shape index (κ2) is 4.21. The molecule has 4 heteroatoms. The number of rotatable bonds is 3. The van der Waals surface area contributed by atoms with Crippen LogP contribution in [-0.2, 0) is 16.1 Å². The zero-order valence-corrected chi connectivity index (χ0v) is 12.2. The molecule has 0 aromatic carbocycles. The molecule has 0 radical (unpaired) electrons. The van der Waals surface area contributed by atoms with E-state index in [4.69, 9.17) is 4.42 Å². The maximum absolute atomic E-state index is 12.6. The lowest BCUT2D eigenvalue weighted by Gasteiger charge is -2.32. The van der Waals surface area contributed by atoms with E-state index in [9.17, 15) is 9.59 Å². The summed E-state index contributed by atoms with van der Waals surface area (Å²) < 4.78 is 5.20. The van der Waals surface area contributed by atoms with Crippen LogP contribution in [0.3, 0.4) is 0 Å². The van der Waals surface area contributed by atoms with Crippen LogP contribution in [-0.4, -0.2) is 11.7 Å². The van der Waals surface area contributed by atoms with Gasteiger partial charge in [-0.1, -0.05) is 20.8 Å². The van der Waals surface area contributed by atoms with E-state index in [2.05, 4.69) is 19.2 Å². The number of ketones is 1. The fraction of sp³-hybridized carbons (Fsp3) is 0.625. The molecule has 3 rings (SSSR count). The summed E-state index contributed by atoms with van der Waals surface area (Å²) in [6, 6.07) is 3.60. The average molecular weight is 275 g/mol. The first-order chi connectivity index (χ1) is 9.38. The lowest BCUT2D eigenvalue weighted by atomic mass is 9.70. The zero-order chi connectivity index (χ0) is 14.5. The van der Waals surface area contributed by atoms with Crippen LogP contribution in [0.4, 0.5) is 0 Å². The molecule has 1 aromatic heterocycles. The van der Waals surface area contributed by atoms with Crippen LogP contribution < -0.4 is 5.32 Å². The number of nitrogens with one attached hydrogen (secondary N) is 1. The smallest absolute Gasteiger partial charge is 0.231 e. The van der Waals surface area contributed by atoms with E-state index in [-0.39, 0.29) is 28.4 Å². The Balaban J connectivity index is 1.75. The minimum atomic E-state index is -0.487. The van der Waals surface area contributed by atoms with E-state index >= 15 is 0 Å². The summed E-state index contributed by atoms with van der Waals surface area (Å²) in [7, 11) is 0. The van der Waals surface area contributed by atoms with E-state index in [1.807, 2.05) is 13.0 Å². The molecule has 4 nitrogen and oxygen atoms in total. The third-order valence-electron chi connectivity index (χ3n) is 5.83. The maximum atomic E-state index is 12.6. The highest BCUT2D eigenvalue weighted by atomic mass is 16.3. The molecule has 2 aliphatic rings. The predicted molar refractivity (Wildman–Crippen MR) is 73.7 cm³/mol. The first kappa shape index (κ1) is 13.4. The van der Waals surface area contributed by atoms with Crippen LogP contribution in [0.15, 0.2) is 22.8 Å². The molecule has 0 spiro atoms. The summed E-state index contributed by atoms with van der Waals surface area (Å²) in [4.78, 5) is 25.0. The number of hydrogen-bond acceptors (Lipinski definition) is 3. The van der Waals surface area contributed by atoms with Crippen LogP contribution in [0.25, 0.3) is 0 Å². The molecule has 2 saturated carbocycles. The van der Waals surface area contributed by atoms with Gasteiger partial charge in [0.25, 0.3) is 0 Å². The summed E-state index contributed by atoms with van der Waals surface area (Å²) in [5.74, 6) is 0.360. The van der Waals surface area contributed by atoms with E-state index in [1.54, 1.807) is 12.3 Å². The standard InChI is InChI=1S/C16H21NO3/c1-15(2)11-6-7-16(15,3)13(18)12(11)14(19)17-9-10-5-4-8-20-10/h4-5,8,11-12H,6-7,9H2,1-3H3,(H,17,19)/t11-,12?,16+/m0/s1. The van der Waals surface area contributed by atoms with Crippen LogP contribution in [0.1, 0.15) is 39.4 Å². The molecule has 0 saturated heterocycles. The van der Waals surface area contributed by atoms with Gasteiger partial charge in [0, 0.05) is 5.41 Å². The monoisotopic (exact) mass is 275 g/mol. The van der Waals surface area contributed by atoms with Crippen LogP contribution >= 0.6 is 0 Å². The second-order valence-corrected chi connectivity index (χ2v) is 6.84. The maximum Gasteiger partial charge on any atom is 0.231 e. The van der Waals surface area contributed by atoms with Crippen LogP contribution in [0.5, 0.6) is 0 Å². The molecule has 108 valence electrons. The Kier molecular flexibility index (Phi) is 2.82. The van der Waals surface area contributed by atoms with Gasteiger partial charge < -0.3 is 9.73 Å². The summed E-state index contributed by atoms with van der Waals surface area (Å²) in [6.45, 7) is 6.62. The van der Waals surface area contributed by atoms with Crippen molar-refractivity contribution in [3.05, 3.63) is 24.2 Å². The Labute approximate surface area is 118 Å². The number of Topliss-reactive ketones (excluding diaryl/α,β-unsaturated/α-hetero) is 1. The molecule has 2 aliphatic carbocycles. The summed E-state index contributed by atoms with van der Waals surface area (Å²) in [5, 5.41) is 2.84. The molecule has 2 bridgehead atoms. The number of carbonyl (C=O) groups is 2. The SMILES string of the molecule is CC1(C)[C@H]2CC[C@]1(C)C(=O)C2C(=O)NCc1ccco1. The summed E-state index contributed by atoms with van der Waals surface area (Å²) in [5.41, 5.74) is -0.429. The molecule has 3 atom stereocenters. The fourth-order valence-corrected chi connectivity index (χ4v) is 4.09. The second-order valence-electron chi connectivity index (χ2n) is 6.84. The Morgan fingerprint density at radius 2 is 2.20 bits per heavy atom. The first-order valence-electron chi connectivity index (χ1n) is 7.22. The van der Waals surface area contributed by atoms with Gasteiger partial charge in [-0.15, -0.1) is 0 Å². The highest BCUT2D eigenvalue weighted by Gasteiger charge is 2.67. The molecular weight excluding hydrogens is 254 g/mol. The summed E-state index contributed by atoms with van der Waals surface area (Å²) >= 11 is 0. The summed E-state index contributed by atoms with van der Waals surface area (Å²) in [6.07, 6.45) is 3.45. The minimum Gasteiger partial charge on any atom is -0.467 e. The van der Waals surface area contributed by atoms with Crippen molar-refractivity contribution in [1.29, 1.82) is 0 Å². The lowest BCUT2D eigenvalue weighted by Crippen LogP contribution is -2.40. The molecule has 1 unspecified atom stereocenters. The Morgan fingerprint density at radius 1 is 1.45 bits per heavy atom. The molecule has 1 N–H and O–H groups in total. The number of fused-ring (bicyclic) bond motifs is 2. The van der Waals surface area contributed by atoms with E-state index in [0.717, 1.165) is 12.8 Å². The third-order valence-corrected chi connectivity index (χ3v) is 5.83. The van der Waals surface area contributed by atoms with Gasteiger partial charge in [0.1, 0.15) is 11.7 Å². The molecule has 0 aliphatic heterocycles. The molecule has 2 fully saturated rings. The third kappa shape index (κ3) is 1.60. The number of hydrogen-bond donors (Lipinski definition) is 1. The zero-order valence-electron chi connectivity index (χ0n) is 12.2. The van der Waals surface area contributed by atoms with Gasteiger partial charge in [-0.25, -0.2) is 0 Å².